The first-order valence-corrected chi connectivity index (χ1v) is 5.41. The summed E-state index contributed by atoms with van der Waals surface area (Å²) >= 11 is 0. The number of hydrogen-bond acceptors (Lipinski definition) is 4. The molecule has 0 bridgehead atoms. The van der Waals surface area contributed by atoms with E-state index < -0.39 is 17.8 Å². The number of nitrogens with zero attached hydrogens (tertiary/aromatic N) is 2. The predicted octanol–water partition coefficient (Wildman–Crippen LogP) is 0.987. The number of rotatable bonds is 2. The molecule has 1 fully saturated rings. The second-order valence-electron chi connectivity index (χ2n) is 3.87. The second kappa shape index (κ2) is 5.02. The van der Waals surface area contributed by atoms with E-state index >= 15 is 0 Å². The van der Waals surface area contributed by atoms with Crippen LogP contribution in [0.25, 0.3) is 0 Å². The minimum Gasteiger partial charge on any atom is -0.480 e. The van der Waals surface area contributed by atoms with E-state index in [-0.39, 0.29) is 12.2 Å². The van der Waals surface area contributed by atoms with Crippen molar-refractivity contribution in [3.63, 3.8) is 0 Å². The summed E-state index contributed by atoms with van der Waals surface area (Å²) in [7, 11) is 0. The molecule has 2 rings (SSSR count). The van der Waals surface area contributed by atoms with Crippen molar-refractivity contribution < 1.29 is 19.0 Å². The number of anilines is 1. The van der Waals surface area contributed by atoms with Crippen LogP contribution >= 0.6 is 0 Å². The topological polar surface area (TPSA) is 73.6 Å². The minimum atomic E-state index is -1.05. The molecule has 1 N–H and O–H groups in total. The SMILES string of the molecule is N#Cc1c(F)cccc1N1CCOCC1C(=O)O. The molecule has 1 aromatic rings. The number of carbonyl (C=O) groups is 1. The third-order valence-electron chi connectivity index (χ3n) is 2.83. The number of aliphatic carboxylic acids is 1. The molecular formula is C12H11FN2O3. The van der Waals surface area contributed by atoms with Gasteiger partial charge in [0.15, 0.2) is 6.04 Å². The Kier molecular flexibility index (Phi) is 3.44. The van der Waals surface area contributed by atoms with Gasteiger partial charge in [-0.15, -0.1) is 0 Å². The lowest BCUT2D eigenvalue weighted by molar-refractivity contribution is -0.141. The third kappa shape index (κ3) is 2.13. The third-order valence-corrected chi connectivity index (χ3v) is 2.83. The van der Waals surface area contributed by atoms with Crippen LogP contribution in [0.15, 0.2) is 18.2 Å². The maximum absolute atomic E-state index is 13.5. The van der Waals surface area contributed by atoms with Gasteiger partial charge in [0, 0.05) is 6.54 Å². The first-order chi connectivity index (χ1) is 8.65. The number of morpholine rings is 1. The number of hydrogen-bond donors (Lipinski definition) is 1. The molecule has 1 aliphatic rings. The van der Waals surface area contributed by atoms with Gasteiger partial charge in [0.1, 0.15) is 17.4 Å². The smallest absolute Gasteiger partial charge is 0.328 e. The lowest BCUT2D eigenvalue weighted by atomic mass is 10.1. The number of ether oxygens (including phenoxy) is 1. The quantitative estimate of drug-likeness (QED) is 0.847. The zero-order valence-electron chi connectivity index (χ0n) is 9.47. The first-order valence-electron chi connectivity index (χ1n) is 5.41. The van der Waals surface area contributed by atoms with Crippen LogP contribution in [0, 0.1) is 17.1 Å². The highest BCUT2D eigenvalue weighted by molar-refractivity contribution is 5.79. The summed E-state index contributed by atoms with van der Waals surface area (Å²) in [6.45, 7) is 0.691. The summed E-state index contributed by atoms with van der Waals surface area (Å²) in [5, 5.41) is 18.1. The molecule has 94 valence electrons. The highest BCUT2D eigenvalue weighted by Crippen LogP contribution is 2.25. The van der Waals surface area contributed by atoms with Crippen molar-refractivity contribution in [2.45, 2.75) is 6.04 Å². The Morgan fingerprint density at radius 1 is 1.61 bits per heavy atom. The Morgan fingerprint density at radius 2 is 2.39 bits per heavy atom. The number of halogens is 1. The Bertz CT molecular complexity index is 513. The molecule has 1 heterocycles. The molecule has 6 heteroatoms. The lowest BCUT2D eigenvalue weighted by Gasteiger charge is -2.35. The van der Waals surface area contributed by atoms with Crippen molar-refractivity contribution in [3.8, 4) is 6.07 Å². The van der Waals surface area contributed by atoms with E-state index in [1.807, 2.05) is 0 Å². The van der Waals surface area contributed by atoms with Crippen LogP contribution in [0.5, 0.6) is 0 Å². The van der Waals surface area contributed by atoms with Crippen molar-refractivity contribution in [1.29, 1.82) is 5.26 Å². The maximum Gasteiger partial charge on any atom is 0.328 e. The van der Waals surface area contributed by atoms with Crippen LogP contribution in [-0.2, 0) is 9.53 Å². The summed E-state index contributed by atoms with van der Waals surface area (Å²) in [5.74, 6) is -1.70. The fourth-order valence-corrected chi connectivity index (χ4v) is 1.96. The van der Waals surface area contributed by atoms with Gasteiger partial charge < -0.3 is 14.7 Å². The molecule has 0 saturated carbocycles. The molecule has 1 unspecified atom stereocenters. The van der Waals surface area contributed by atoms with Crippen molar-refractivity contribution in [3.05, 3.63) is 29.6 Å². The van der Waals surface area contributed by atoms with E-state index in [1.54, 1.807) is 12.1 Å². The Labute approximate surface area is 103 Å². The molecule has 1 aromatic carbocycles. The zero-order valence-corrected chi connectivity index (χ0v) is 9.47. The monoisotopic (exact) mass is 250 g/mol. The van der Waals surface area contributed by atoms with Gasteiger partial charge in [-0.3, -0.25) is 0 Å². The molecule has 0 aromatic heterocycles. The number of carboxylic acids is 1. The lowest BCUT2D eigenvalue weighted by Crippen LogP contribution is -2.50. The van der Waals surface area contributed by atoms with Crippen molar-refractivity contribution in [2.75, 3.05) is 24.7 Å². The van der Waals surface area contributed by atoms with Gasteiger partial charge in [-0.2, -0.15) is 5.26 Å². The first kappa shape index (κ1) is 12.3. The Morgan fingerprint density at radius 3 is 3.06 bits per heavy atom. The van der Waals surface area contributed by atoms with Gasteiger partial charge in [0.05, 0.1) is 18.9 Å². The van der Waals surface area contributed by atoms with Crippen LogP contribution in [-0.4, -0.2) is 36.9 Å². The molecule has 0 amide bonds. The van der Waals surface area contributed by atoms with E-state index in [1.165, 1.54) is 17.0 Å². The van der Waals surface area contributed by atoms with E-state index in [9.17, 15) is 9.18 Å². The fourth-order valence-electron chi connectivity index (χ4n) is 1.96. The second-order valence-corrected chi connectivity index (χ2v) is 3.87. The summed E-state index contributed by atoms with van der Waals surface area (Å²) in [4.78, 5) is 12.6. The normalized spacial score (nSPS) is 19.3. The molecule has 0 radical (unpaired) electrons. The molecule has 0 spiro atoms. The standard InChI is InChI=1S/C12H11FN2O3/c13-9-2-1-3-10(8(9)6-14)15-4-5-18-7-11(15)12(16)17/h1-3,11H,4-5,7H2,(H,16,17). The summed E-state index contributed by atoms with van der Waals surface area (Å²) in [5.41, 5.74) is 0.166. The van der Waals surface area contributed by atoms with Gasteiger partial charge in [-0.25, -0.2) is 9.18 Å². The zero-order chi connectivity index (χ0) is 13.1. The number of benzene rings is 1. The highest BCUT2D eigenvalue weighted by atomic mass is 19.1. The molecule has 1 saturated heterocycles. The number of carboxylic acid groups (broad SMARTS) is 1. The van der Waals surface area contributed by atoms with Crippen LogP contribution in [0.1, 0.15) is 5.56 Å². The van der Waals surface area contributed by atoms with Crippen molar-refractivity contribution >= 4 is 11.7 Å². The average molecular weight is 250 g/mol. The number of nitriles is 1. The van der Waals surface area contributed by atoms with Gasteiger partial charge in [-0.05, 0) is 12.1 Å². The molecule has 5 nitrogen and oxygen atoms in total. The van der Waals surface area contributed by atoms with Gasteiger partial charge in [-0.1, -0.05) is 6.07 Å². The summed E-state index contributed by atoms with van der Waals surface area (Å²) in [6, 6.07) is 5.06. The Balaban J connectivity index is 2.43. The Hall–Kier alpha value is -2.13. The van der Waals surface area contributed by atoms with Crippen LogP contribution in [0.3, 0.4) is 0 Å². The molecule has 1 aliphatic heterocycles. The van der Waals surface area contributed by atoms with E-state index in [0.717, 1.165) is 0 Å². The molecule has 0 aliphatic carbocycles. The largest absolute Gasteiger partial charge is 0.480 e. The molecule has 18 heavy (non-hydrogen) atoms. The van der Waals surface area contributed by atoms with Crippen LogP contribution < -0.4 is 4.90 Å². The molecular weight excluding hydrogens is 239 g/mol. The maximum atomic E-state index is 13.5. The van der Waals surface area contributed by atoms with Gasteiger partial charge in [0.2, 0.25) is 0 Å². The van der Waals surface area contributed by atoms with Crippen LogP contribution in [0.2, 0.25) is 0 Å². The predicted molar refractivity (Wildman–Crippen MR) is 60.7 cm³/mol. The fraction of sp³-hybridized carbons (Fsp3) is 0.333. The van der Waals surface area contributed by atoms with E-state index in [2.05, 4.69) is 0 Å². The summed E-state index contributed by atoms with van der Waals surface area (Å²) < 4.78 is 18.6. The minimum absolute atomic E-state index is 0.0245. The van der Waals surface area contributed by atoms with E-state index in [4.69, 9.17) is 15.1 Å². The summed E-state index contributed by atoms with van der Waals surface area (Å²) in [6.07, 6.45) is 0. The van der Waals surface area contributed by atoms with Crippen molar-refractivity contribution in [2.24, 2.45) is 0 Å². The van der Waals surface area contributed by atoms with Gasteiger partial charge in [0.25, 0.3) is 0 Å². The highest BCUT2D eigenvalue weighted by Gasteiger charge is 2.31. The molecule has 1 atom stereocenters. The van der Waals surface area contributed by atoms with Crippen molar-refractivity contribution in [1.82, 2.24) is 0 Å². The van der Waals surface area contributed by atoms with Gasteiger partial charge >= 0.3 is 5.97 Å². The van der Waals surface area contributed by atoms with Crippen LogP contribution in [0.4, 0.5) is 10.1 Å². The average Bonchev–Trinajstić information content (AvgIpc) is 2.38. The van der Waals surface area contributed by atoms with E-state index in [0.29, 0.717) is 18.8 Å².